The molecule has 0 spiro atoms. The number of benzene rings is 3. The zero-order chi connectivity index (χ0) is 19.3. The van der Waals surface area contributed by atoms with Gasteiger partial charge in [0, 0.05) is 44.8 Å². The number of nitrogen functional groups attached to an aromatic ring is 1. The Hall–Kier alpha value is -2.85. The molecule has 1 amide bonds. The van der Waals surface area contributed by atoms with E-state index in [0.29, 0.717) is 12.8 Å². The van der Waals surface area contributed by atoms with Crippen LogP contribution in [0.1, 0.15) is 17.5 Å². The van der Waals surface area contributed by atoms with Gasteiger partial charge in [0.25, 0.3) is 0 Å². The molecule has 2 N–H and O–H groups in total. The van der Waals surface area contributed by atoms with E-state index in [0.717, 1.165) is 44.0 Å². The molecule has 0 aliphatic carbocycles. The Balaban J connectivity index is 1.30. The number of piperazine rings is 1. The highest BCUT2D eigenvalue weighted by Crippen LogP contribution is 2.21. The fourth-order valence-corrected chi connectivity index (χ4v) is 3.99. The van der Waals surface area contributed by atoms with Gasteiger partial charge in [-0.15, -0.1) is 0 Å². The molecule has 1 aliphatic heterocycles. The van der Waals surface area contributed by atoms with Crippen LogP contribution in [0.5, 0.6) is 0 Å². The molecule has 144 valence electrons. The van der Waals surface area contributed by atoms with Crippen LogP contribution in [-0.2, 0) is 17.8 Å². The third kappa shape index (κ3) is 4.18. The summed E-state index contributed by atoms with van der Waals surface area (Å²) in [6.07, 6.45) is 1.24. The topological polar surface area (TPSA) is 49.6 Å². The van der Waals surface area contributed by atoms with Gasteiger partial charge in [-0.2, -0.15) is 0 Å². The van der Waals surface area contributed by atoms with Gasteiger partial charge in [0.2, 0.25) is 5.91 Å². The van der Waals surface area contributed by atoms with Gasteiger partial charge in [-0.05, 0) is 34.4 Å². The average Bonchev–Trinajstić information content (AvgIpc) is 2.74. The maximum atomic E-state index is 12.6. The lowest BCUT2D eigenvalue weighted by Gasteiger charge is -2.35. The number of hydrogen-bond donors (Lipinski definition) is 1. The molecule has 0 unspecified atom stereocenters. The number of amides is 1. The predicted octanol–water partition coefficient (Wildman–Crippen LogP) is 3.70. The summed E-state index contributed by atoms with van der Waals surface area (Å²) in [6, 6.07) is 22.8. The third-order valence-electron chi connectivity index (χ3n) is 5.66. The molecular formula is C24H27N3O. The van der Waals surface area contributed by atoms with E-state index in [9.17, 15) is 4.79 Å². The van der Waals surface area contributed by atoms with Crippen LogP contribution in [0, 0.1) is 0 Å². The number of nitrogens with zero attached hydrogens (tertiary/aromatic N) is 2. The Morgan fingerprint density at radius 2 is 1.50 bits per heavy atom. The van der Waals surface area contributed by atoms with Gasteiger partial charge < -0.3 is 10.6 Å². The molecule has 4 heteroatoms. The summed E-state index contributed by atoms with van der Waals surface area (Å²) >= 11 is 0. The lowest BCUT2D eigenvalue weighted by atomic mass is 10.0. The highest BCUT2D eigenvalue weighted by molar-refractivity contribution is 5.85. The molecule has 3 aromatic rings. The first-order valence-electron chi connectivity index (χ1n) is 10.0. The second-order valence-corrected chi connectivity index (χ2v) is 7.49. The molecule has 1 aliphatic rings. The number of aryl methyl sites for hydroxylation is 1. The molecule has 0 atom stereocenters. The van der Waals surface area contributed by atoms with Gasteiger partial charge in [-0.25, -0.2) is 0 Å². The van der Waals surface area contributed by atoms with Crippen molar-refractivity contribution in [2.75, 3.05) is 31.9 Å². The average molecular weight is 374 g/mol. The predicted molar refractivity (Wildman–Crippen MR) is 115 cm³/mol. The van der Waals surface area contributed by atoms with E-state index >= 15 is 0 Å². The Morgan fingerprint density at radius 3 is 2.32 bits per heavy atom. The number of hydrogen-bond acceptors (Lipinski definition) is 3. The minimum atomic E-state index is 0.230. The van der Waals surface area contributed by atoms with Gasteiger partial charge >= 0.3 is 0 Å². The molecule has 0 saturated carbocycles. The van der Waals surface area contributed by atoms with Crippen LogP contribution in [0.4, 0.5) is 5.69 Å². The van der Waals surface area contributed by atoms with Crippen LogP contribution in [-0.4, -0.2) is 41.9 Å². The lowest BCUT2D eigenvalue weighted by molar-refractivity contribution is -0.132. The summed E-state index contributed by atoms with van der Waals surface area (Å²) in [5.74, 6) is 0.230. The molecule has 3 aromatic carbocycles. The highest BCUT2D eigenvalue weighted by atomic mass is 16.2. The normalized spacial score (nSPS) is 15.1. The van der Waals surface area contributed by atoms with Crippen molar-refractivity contribution in [1.82, 2.24) is 9.80 Å². The lowest BCUT2D eigenvalue weighted by Crippen LogP contribution is -2.48. The Bertz CT molecular complexity index is 955. The standard InChI is InChI=1S/C24H27N3O/c25-23-11-4-2-7-20(23)12-13-24(28)27-16-14-26(15-17-27)18-21-9-5-8-19-6-1-3-10-22(19)21/h1-11H,12-18,25H2. The maximum Gasteiger partial charge on any atom is 0.222 e. The van der Waals surface area contributed by atoms with Crippen LogP contribution in [0.15, 0.2) is 66.7 Å². The number of carbonyl (C=O) groups excluding carboxylic acids is 1. The van der Waals surface area contributed by atoms with Crippen molar-refractivity contribution in [2.45, 2.75) is 19.4 Å². The minimum Gasteiger partial charge on any atom is -0.399 e. The van der Waals surface area contributed by atoms with Crippen molar-refractivity contribution in [1.29, 1.82) is 0 Å². The van der Waals surface area contributed by atoms with Crippen LogP contribution < -0.4 is 5.73 Å². The number of carbonyl (C=O) groups is 1. The van der Waals surface area contributed by atoms with Crippen LogP contribution in [0.3, 0.4) is 0 Å². The van der Waals surface area contributed by atoms with Crippen LogP contribution in [0.2, 0.25) is 0 Å². The van der Waals surface area contributed by atoms with Gasteiger partial charge in [0.1, 0.15) is 0 Å². The number of fused-ring (bicyclic) bond motifs is 1. The van der Waals surface area contributed by atoms with E-state index in [1.165, 1.54) is 16.3 Å². The molecule has 0 radical (unpaired) electrons. The van der Waals surface area contributed by atoms with E-state index < -0.39 is 0 Å². The molecule has 1 fully saturated rings. The van der Waals surface area contributed by atoms with Gasteiger partial charge in [0.15, 0.2) is 0 Å². The first-order valence-corrected chi connectivity index (χ1v) is 10.0. The smallest absolute Gasteiger partial charge is 0.222 e. The molecule has 0 bridgehead atoms. The summed E-state index contributed by atoms with van der Waals surface area (Å²) in [6.45, 7) is 4.37. The molecular weight excluding hydrogens is 346 g/mol. The van der Waals surface area contributed by atoms with E-state index in [4.69, 9.17) is 5.73 Å². The van der Waals surface area contributed by atoms with Crippen LogP contribution in [0.25, 0.3) is 10.8 Å². The van der Waals surface area contributed by atoms with Crippen molar-refractivity contribution in [3.63, 3.8) is 0 Å². The zero-order valence-electron chi connectivity index (χ0n) is 16.2. The van der Waals surface area contributed by atoms with Crippen molar-refractivity contribution in [3.05, 3.63) is 77.9 Å². The molecule has 28 heavy (non-hydrogen) atoms. The SMILES string of the molecule is Nc1ccccc1CCC(=O)N1CCN(Cc2cccc3ccccc23)CC1. The molecule has 1 saturated heterocycles. The van der Waals surface area contributed by atoms with E-state index in [2.05, 4.69) is 47.4 Å². The first-order chi connectivity index (χ1) is 13.7. The second kappa shape index (κ2) is 8.44. The minimum absolute atomic E-state index is 0.230. The summed E-state index contributed by atoms with van der Waals surface area (Å²) in [4.78, 5) is 17.0. The second-order valence-electron chi connectivity index (χ2n) is 7.49. The van der Waals surface area contributed by atoms with E-state index in [1.807, 2.05) is 29.2 Å². The zero-order valence-corrected chi connectivity index (χ0v) is 16.2. The summed E-state index contributed by atoms with van der Waals surface area (Å²) in [5.41, 5.74) is 9.18. The van der Waals surface area contributed by atoms with E-state index in [1.54, 1.807) is 0 Å². The Labute approximate surface area is 166 Å². The van der Waals surface area contributed by atoms with Crippen molar-refractivity contribution >= 4 is 22.4 Å². The molecule has 1 heterocycles. The largest absolute Gasteiger partial charge is 0.399 e. The number of para-hydroxylation sites is 1. The van der Waals surface area contributed by atoms with Crippen molar-refractivity contribution < 1.29 is 4.79 Å². The Morgan fingerprint density at radius 1 is 0.821 bits per heavy atom. The number of nitrogens with two attached hydrogens (primary N) is 1. The fraction of sp³-hybridized carbons (Fsp3) is 0.292. The van der Waals surface area contributed by atoms with Gasteiger partial charge in [-0.3, -0.25) is 9.69 Å². The highest BCUT2D eigenvalue weighted by Gasteiger charge is 2.21. The van der Waals surface area contributed by atoms with Crippen molar-refractivity contribution in [3.8, 4) is 0 Å². The third-order valence-corrected chi connectivity index (χ3v) is 5.66. The van der Waals surface area contributed by atoms with Gasteiger partial charge in [0.05, 0.1) is 0 Å². The van der Waals surface area contributed by atoms with Crippen molar-refractivity contribution in [2.24, 2.45) is 0 Å². The van der Waals surface area contributed by atoms with E-state index in [-0.39, 0.29) is 5.91 Å². The summed E-state index contributed by atoms with van der Waals surface area (Å²) in [7, 11) is 0. The molecule has 4 rings (SSSR count). The monoisotopic (exact) mass is 373 g/mol. The Kier molecular flexibility index (Phi) is 5.58. The maximum absolute atomic E-state index is 12.6. The number of rotatable bonds is 5. The quantitative estimate of drug-likeness (QED) is 0.694. The summed E-state index contributed by atoms with van der Waals surface area (Å²) in [5, 5.41) is 2.61. The molecule has 0 aromatic heterocycles. The van der Waals surface area contributed by atoms with Gasteiger partial charge in [-0.1, -0.05) is 60.7 Å². The molecule has 4 nitrogen and oxygen atoms in total. The first kappa shape index (κ1) is 18.5. The summed E-state index contributed by atoms with van der Waals surface area (Å²) < 4.78 is 0. The fourth-order valence-electron chi connectivity index (χ4n) is 3.99. The van der Waals surface area contributed by atoms with Crippen LogP contribution >= 0.6 is 0 Å². The number of anilines is 1.